The Kier molecular flexibility index (Phi) is 4.21. The fraction of sp³-hybridized carbons (Fsp3) is 0.0952. The quantitative estimate of drug-likeness (QED) is 0.456. The number of pyridine rings is 1. The summed E-state index contributed by atoms with van der Waals surface area (Å²) in [6, 6.07) is 18.0. The summed E-state index contributed by atoms with van der Waals surface area (Å²) < 4.78 is 0. The second-order valence-corrected chi connectivity index (χ2v) is 5.59. The average molecular weight is 324 g/mol. The highest BCUT2D eigenvalue weighted by Crippen LogP contribution is 2.18. The van der Waals surface area contributed by atoms with Crippen molar-refractivity contribution in [3.63, 3.8) is 0 Å². The van der Waals surface area contributed by atoms with Gasteiger partial charge in [-0.15, -0.1) is 0 Å². The Morgan fingerprint density at radius 2 is 1.56 bits per heavy atom. The van der Waals surface area contributed by atoms with E-state index in [2.05, 4.69) is 38.2 Å². The minimum absolute atomic E-state index is 0.731. The summed E-state index contributed by atoms with van der Waals surface area (Å²) in [7, 11) is 0. The first-order valence-electron chi connectivity index (χ1n) is 8.18. The molecule has 0 aliphatic rings. The highest BCUT2D eigenvalue weighted by molar-refractivity contribution is 5.88. The monoisotopic (exact) mass is 324 g/mol. The number of hydrogen-bond donors (Lipinski definition) is 1. The van der Waals surface area contributed by atoms with Gasteiger partial charge in [0.2, 0.25) is 0 Å². The smallest absolute Gasteiger partial charge is 0.137 e. The number of fused-ring (bicyclic) bond motifs is 2. The molecular weight excluding hydrogens is 308 g/mol. The molecular formula is C21H16N4. The molecule has 0 aliphatic heterocycles. The Labute approximate surface area is 146 Å². The van der Waals surface area contributed by atoms with Gasteiger partial charge in [-0.05, 0) is 24.3 Å². The second-order valence-electron chi connectivity index (χ2n) is 5.59. The lowest BCUT2D eigenvalue weighted by Crippen LogP contribution is -2.03. The van der Waals surface area contributed by atoms with Gasteiger partial charge in [0.15, 0.2) is 0 Å². The molecule has 120 valence electrons. The third kappa shape index (κ3) is 3.26. The van der Waals surface area contributed by atoms with E-state index >= 15 is 0 Å². The third-order valence-corrected chi connectivity index (χ3v) is 3.96. The van der Waals surface area contributed by atoms with Crippen LogP contribution >= 0.6 is 0 Å². The van der Waals surface area contributed by atoms with E-state index in [1.807, 2.05) is 48.5 Å². The number of anilines is 1. The normalized spacial score (nSPS) is 10.4. The first-order valence-corrected chi connectivity index (χ1v) is 8.18. The summed E-state index contributed by atoms with van der Waals surface area (Å²) in [5.74, 6) is 7.33. The van der Waals surface area contributed by atoms with Crippen LogP contribution in [0, 0.1) is 11.8 Å². The number of rotatable bonds is 3. The van der Waals surface area contributed by atoms with E-state index < -0.39 is 0 Å². The zero-order chi connectivity index (χ0) is 16.9. The molecule has 0 bridgehead atoms. The molecule has 4 aromatic rings. The molecule has 0 unspecified atom stereocenters. The molecule has 0 spiro atoms. The van der Waals surface area contributed by atoms with Crippen LogP contribution in [0.25, 0.3) is 21.8 Å². The number of hydrogen-bond acceptors (Lipinski definition) is 4. The second kappa shape index (κ2) is 6.98. The van der Waals surface area contributed by atoms with Crippen molar-refractivity contribution in [2.75, 3.05) is 11.9 Å². The van der Waals surface area contributed by atoms with Crippen molar-refractivity contribution in [3.8, 4) is 11.8 Å². The van der Waals surface area contributed by atoms with E-state index in [1.165, 1.54) is 0 Å². The van der Waals surface area contributed by atoms with Crippen molar-refractivity contribution in [1.29, 1.82) is 0 Å². The zero-order valence-corrected chi connectivity index (χ0v) is 13.6. The Hall–Kier alpha value is -3.45. The first kappa shape index (κ1) is 15.1. The average Bonchev–Trinajstić information content (AvgIpc) is 2.68. The van der Waals surface area contributed by atoms with Crippen LogP contribution in [0.1, 0.15) is 12.0 Å². The minimum Gasteiger partial charge on any atom is -0.368 e. The van der Waals surface area contributed by atoms with Crippen molar-refractivity contribution in [1.82, 2.24) is 15.0 Å². The van der Waals surface area contributed by atoms with Gasteiger partial charge in [0.05, 0.1) is 11.0 Å². The summed E-state index contributed by atoms with van der Waals surface area (Å²) in [6.07, 6.45) is 4.12. The van der Waals surface area contributed by atoms with Crippen LogP contribution in [-0.4, -0.2) is 21.5 Å². The van der Waals surface area contributed by atoms with E-state index in [0.29, 0.717) is 0 Å². The van der Waals surface area contributed by atoms with Crippen LogP contribution < -0.4 is 5.32 Å². The van der Waals surface area contributed by atoms with Crippen molar-refractivity contribution < 1.29 is 0 Å². The molecule has 0 radical (unpaired) electrons. The number of nitrogens with zero attached hydrogens (tertiary/aromatic N) is 3. The fourth-order valence-corrected chi connectivity index (χ4v) is 2.75. The summed E-state index contributed by atoms with van der Waals surface area (Å²) >= 11 is 0. The maximum absolute atomic E-state index is 4.36. The largest absolute Gasteiger partial charge is 0.368 e. The molecule has 0 aliphatic carbocycles. The SMILES string of the molecule is C(#Cc1ccnc2ccccc12)CCNc1ncnc2ccccc12. The minimum atomic E-state index is 0.731. The molecule has 2 aromatic carbocycles. The summed E-state index contributed by atoms with van der Waals surface area (Å²) in [4.78, 5) is 13.0. The number of para-hydroxylation sites is 2. The third-order valence-electron chi connectivity index (χ3n) is 3.96. The highest BCUT2D eigenvalue weighted by Gasteiger charge is 2.01. The van der Waals surface area contributed by atoms with Crippen molar-refractivity contribution in [3.05, 3.63) is 72.7 Å². The maximum Gasteiger partial charge on any atom is 0.137 e. The molecule has 0 amide bonds. The zero-order valence-electron chi connectivity index (χ0n) is 13.6. The Morgan fingerprint density at radius 1 is 0.800 bits per heavy atom. The van der Waals surface area contributed by atoms with Crippen molar-refractivity contribution in [2.45, 2.75) is 6.42 Å². The number of benzene rings is 2. The van der Waals surface area contributed by atoms with Gasteiger partial charge >= 0.3 is 0 Å². The molecule has 0 fully saturated rings. The molecule has 0 saturated heterocycles. The Balaban J connectivity index is 1.45. The van der Waals surface area contributed by atoms with Gasteiger partial charge in [-0.2, -0.15) is 0 Å². The van der Waals surface area contributed by atoms with Crippen LogP contribution in [0.4, 0.5) is 5.82 Å². The number of nitrogens with one attached hydrogen (secondary N) is 1. The molecule has 4 rings (SSSR count). The topological polar surface area (TPSA) is 50.7 Å². The molecule has 0 saturated carbocycles. The number of aromatic nitrogens is 3. The van der Waals surface area contributed by atoms with Gasteiger partial charge in [0, 0.05) is 35.5 Å². The predicted molar refractivity (Wildman–Crippen MR) is 101 cm³/mol. The van der Waals surface area contributed by atoms with E-state index in [0.717, 1.165) is 46.2 Å². The lowest BCUT2D eigenvalue weighted by Gasteiger charge is -2.06. The van der Waals surface area contributed by atoms with Crippen LogP contribution in [0.15, 0.2) is 67.1 Å². The standard InChI is InChI=1S/C21H16N4/c1-3-10-19-17(8-1)16(12-14-22-19)7-5-6-13-23-21-18-9-2-4-11-20(18)24-15-25-21/h1-4,8-12,14-15H,6,13H2,(H,23,24,25). The van der Waals surface area contributed by atoms with Gasteiger partial charge < -0.3 is 5.32 Å². The lowest BCUT2D eigenvalue weighted by molar-refractivity contribution is 1.07. The summed E-state index contributed by atoms with van der Waals surface area (Å²) in [5, 5.41) is 5.46. The van der Waals surface area contributed by atoms with Crippen LogP contribution in [0.3, 0.4) is 0 Å². The highest BCUT2D eigenvalue weighted by atomic mass is 15.0. The molecule has 25 heavy (non-hydrogen) atoms. The van der Waals surface area contributed by atoms with E-state index in [1.54, 1.807) is 12.5 Å². The molecule has 0 atom stereocenters. The van der Waals surface area contributed by atoms with Crippen molar-refractivity contribution in [2.24, 2.45) is 0 Å². The molecule has 2 aromatic heterocycles. The van der Waals surface area contributed by atoms with Gasteiger partial charge in [-0.3, -0.25) is 4.98 Å². The van der Waals surface area contributed by atoms with Crippen molar-refractivity contribution >= 4 is 27.6 Å². The van der Waals surface area contributed by atoms with E-state index in [4.69, 9.17) is 0 Å². The maximum atomic E-state index is 4.36. The predicted octanol–water partition coefficient (Wildman–Crippen LogP) is 4.03. The van der Waals surface area contributed by atoms with Gasteiger partial charge in [-0.1, -0.05) is 42.2 Å². The van der Waals surface area contributed by atoms with E-state index in [-0.39, 0.29) is 0 Å². The molecule has 2 heterocycles. The van der Waals surface area contributed by atoms with E-state index in [9.17, 15) is 0 Å². The Bertz CT molecular complexity index is 1080. The van der Waals surface area contributed by atoms with Gasteiger partial charge in [0.25, 0.3) is 0 Å². The lowest BCUT2D eigenvalue weighted by atomic mass is 10.1. The van der Waals surface area contributed by atoms with Crippen LogP contribution in [0.2, 0.25) is 0 Å². The van der Waals surface area contributed by atoms with Gasteiger partial charge in [0.1, 0.15) is 12.1 Å². The van der Waals surface area contributed by atoms with Gasteiger partial charge in [-0.25, -0.2) is 9.97 Å². The fourth-order valence-electron chi connectivity index (χ4n) is 2.75. The molecule has 1 N–H and O–H groups in total. The van der Waals surface area contributed by atoms with Crippen LogP contribution in [0.5, 0.6) is 0 Å². The first-order chi connectivity index (χ1) is 12.4. The summed E-state index contributed by atoms with van der Waals surface area (Å²) in [5.41, 5.74) is 2.92. The molecule has 4 nitrogen and oxygen atoms in total. The Morgan fingerprint density at radius 3 is 2.44 bits per heavy atom. The van der Waals surface area contributed by atoms with Crippen LogP contribution in [-0.2, 0) is 0 Å². The summed E-state index contributed by atoms with van der Waals surface area (Å²) in [6.45, 7) is 0.733. The molecule has 4 heteroatoms.